The van der Waals surface area contributed by atoms with Gasteiger partial charge < -0.3 is 19.6 Å². The molecule has 1 aliphatic rings. The van der Waals surface area contributed by atoms with E-state index in [1.807, 2.05) is 14.0 Å². The number of nitrogens with zero attached hydrogens (tertiary/aromatic N) is 4. The van der Waals surface area contributed by atoms with E-state index in [4.69, 9.17) is 4.74 Å². The van der Waals surface area contributed by atoms with E-state index in [0.29, 0.717) is 44.1 Å². The standard InChI is InChI=1S/C19H24N6O4S/c1-3-10-29-15-5-4-13(30(27,28)25-8-6-24(2)7-9-25)11-14(15)17-22-18-16(19(26)23-17)20-12-21-18/h4-5,11-12H,3,6-10H2,1-2H3,(H2,20,21,22,23,26). The van der Waals surface area contributed by atoms with Crippen LogP contribution in [0, 0.1) is 0 Å². The van der Waals surface area contributed by atoms with Gasteiger partial charge >= 0.3 is 0 Å². The van der Waals surface area contributed by atoms with E-state index in [0.717, 1.165) is 6.42 Å². The molecule has 0 radical (unpaired) electrons. The van der Waals surface area contributed by atoms with Crippen molar-refractivity contribution in [2.45, 2.75) is 18.2 Å². The van der Waals surface area contributed by atoms with E-state index in [1.165, 1.54) is 22.8 Å². The molecule has 1 aliphatic heterocycles. The van der Waals surface area contributed by atoms with Gasteiger partial charge in [0.05, 0.1) is 23.4 Å². The molecule has 0 amide bonds. The maximum Gasteiger partial charge on any atom is 0.277 e. The Kier molecular flexibility index (Phi) is 5.58. The second-order valence-corrected chi connectivity index (χ2v) is 9.17. The molecule has 4 rings (SSSR count). The first-order chi connectivity index (χ1) is 14.4. The average Bonchev–Trinajstić information content (AvgIpc) is 3.22. The smallest absolute Gasteiger partial charge is 0.277 e. The number of hydrogen-bond donors (Lipinski definition) is 2. The molecule has 10 nitrogen and oxygen atoms in total. The molecule has 2 aromatic heterocycles. The molecule has 2 N–H and O–H groups in total. The van der Waals surface area contributed by atoms with E-state index in [2.05, 4.69) is 24.8 Å². The highest BCUT2D eigenvalue weighted by molar-refractivity contribution is 7.89. The second kappa shape index (κ2) is 8.17. The van der Waals surface area contributed by atoms with Gasteiger partial charge in [0.15, 0.2) is 11.2 Å². The molecule has 1 fully saturated rings. The molecular weight excluding hydrogens is 408 g/mol. The van der Waals surface area contributed by atoms with Crippen molar-refractivity contribution >= 4 is 21.2 Å². The Hall–Kier alpha value is -2.76. The normalized spacial score (nSPS) is 16.2. The number of fused-ring (bicyclic) bond motifs is 1. The van der Waals surface area contributed by atoms with Crippen LogP contribution in [0.2, 0.25) is 0 Å². The van der Waals surface area contributed by atoms with Gasteiger partial charge in [-0.25, -0.2) is 18.4 Å². The molecule has 30 heavy (non-hydrogen) atoms. The van der Waals surface area contributed by atoms with Gasteiger partial charge in [0.1, 0.15) is 11.6 Å². The first-order valence-corrected chi connectivity index (χ1v) is 11.2. The zero-order chi connectivity index (χ0) is 21.3. The summed E-state index contributed by atoms with van der Waals surface area (Å²) < 4.78 is 33.7. The van der Waals surface area contributed by atoms with E-state index in [-0.39, 0.29) is 27.4 Å². The van der Waals surface area contributed by atoms with Crippen LogP contribution in [0.4, 0.5) is 0 Å². The Morgan fingerprint density at radius 1 is 1.20 bits per heavy atom. The predicted molar refractivity (Wildman–Crippen MR) is 112 cm³/mol. The van der Waals surface area contributed by atoms with Crippen LogP contribution in [0.3, 0.4) is 0 Å². The Morgan fingerprint density at radius 3 is 2.70 bits per heavy atom. The minimum absolute atomic E-state index is 0.135. The quantitative estimate of drug-likeness (QED) is 0.596. The summed E-state index contributed by atoms with van der Waals surface area (Å²) in [6.45, 7) is 4.63. The lowest BCUT2D eigenvalue weighted by Gasteiger charge is -2.31. The number of piperazine rings is 1. The number of benzene rings is 1. The lowest BCUT2D eigenvalue weighted by atomic mass is 10.2. The third kappa shape index (κ3) is 3.83. The Balaban J connectivity index is 1.80. The molecule has 1 saturated heterocycles. The van der Waals surface area contributed by atoms with Crippen LogP contribution in [0.15, 0.2) is 34.2 Å². The number of nitrogens with one attached hydrogen (secondary N) is 2. The van der Waals surface area contributed by atoms with Crippen LogP contribution < -0.4 is 10.3 Å². The number of ether oxygens (including phenoxy) is 1. The summed E-state index contributed by atoms with van der Waals surface area (Å²) in [5.41, 5.74) is 0.528. The van der Waals surface area contributed by atoms with Crippen molar-refractivity contribution in [1.82, 2.24) is 29.1 Å². The van der Waals surface area contributed by atoms with Crippen molar-refractivity contribution < 1.29 is 13.2 Å². The highest BCUT2D eigenvalue weighted by Crippen LogP contribution is 2.31. The van der Waals surface area contributed by atoms with Crippen molar-refractivity contribution in [1.29, 1.82) is 0 Å². The Morgan fingerprint density at radius 2 is 1.97 bits per heavy atom. The highest BCUT2D eigenvalue weighted by atomic mass is 32.2. The van der Waals surface area contributed by atoms with Crippen LogP contribution in [0.1, 0.15) is 13.3 Å². The minimum Gasteiger partial charge on any atom is -0.493 e. The SMILES string of the molecule is CCCOc1ccc(S(=O)(=O)N2CCN(C)CC2)cc1-c1nc2nc[nH]c2c(=O)[nH]1. The Bertz CT molecular complexity index is 1210. The van der Waals surface area contributed by atoms with Crippen LogP contribution in [0.25, 0.3) is 22.6 Å². The molecule has 3 heterocycles. The molecule has 0 bridgehead atoms. The summed E-state index contributed by atoms with van der Waals surface area (Å²) in [5.74, 6) is 0.661. The van der Waals surface area contributed by atoms with Crippen molar-refractivity contribution in [3.05, 3.63) is 34.9 Å². The second-order valence-electron chi connectivity index (χ2n) is 7.23. The first-order valence-electron chi connectivity index (χ1n) is 9.79. The first kappa shape index (κ1) is 20.5. The fourth-order valence-corrected chi connectivity index (χ4v) is 4.79. The van der Waals surface area contributed by atoms with Gasteiger partial charge in [0.2, 0.25) is 10.0 Å². The van der Waals surface area contributed by atoms with Gasteiger partial charge in [-0.05, 0) is 31.7 Å². The number of H-pyrrole nitrogens is 2. The zero-order valence-electron chi connectivity index (χ0n) is 16.9. The number of imidazole rings is 1. The summed E-state index contributed by atoms with van der Waals surface area (Å²) >= 11 is 0. The largest absolute Gasteiger partial charge is 0.493 e. The van der Waals surface area contributed by atoms with Crippen molar-refractivity contribution in [3.63, 3.8) is 0 Å². The van der Waals surface area contributed by atoms with Gasteiger partial charge in [-0.15, -0.1) is 0 Å². The third-order valence-corrected chi connectivity index (χ3v) is 6.96. The zero-order valence-corrected chi connectivity index (χ0v) is 17.7. The van der Waals surface area contributed by atoms with E-state index in [1.54, 1.807) is 6.07 Å². The molecular formula is C19H24N6O4S. The molecule has 160 valence electrons. The summed E-state index contributed by atoms with van der Waals surface area (Å²) in [6.07, 6.45) is 2.17. The van der Waals surface area contributed by atoms with E-state index < -0.39 is 10.0 Å². The van der Waals surface area contributed by atoms with Gasteiger partial charge in [-0.3, -0.25) is 4.79 Å². The number of aromatic amines is 2. The number of likely N-dealkylation sites (N-methyl/N-ethyl adjacent to an activating group) is 1. The molecule has 0 atom stereocenters. The van der Waals surface area contributed by atoms with Crippen LogP contribution in [0.5, 0.6) is 5.75 Å². The molecule has 3 aromatic rings. The van der Waals surface area contributed by atoms with Gasteiger partial charge in [-0.2, -0.15) is 4.31 Å². The minimum atomic E-state index is -3.69. The Labute approximate surface area is 174 Å². The molecule has 0 aliphatic carbocycles. The van der Waals surface area contributed by atoms with Crippen molar-refractivity contribution in [2.24, 2.45) is 0 Å². The maximum absolute atomic E-state index is 13.2. The third-order valence-electron chi connectivity index (χ3n) is 5.06. The molecule has 0 saturated carbocycles. The lowest BCUT2D eigenvalue weighted by molar-refractivity contribution is 0.222. The van der Waals surface area contributed by atoms with Gasteiger partial charge in [0.25, 0.3) is 5.56 Å². The fraction of sp³-hybridized carbons (Fsp3) is 0.421. The lowest BCUT2D eigenvalue weighted by Crippen LogP contribution is -2.47. The maximum atomic E-state index is 13.2. The average molecular weight is 433 g/mol. The fourth-order valence-electron chi connectivity index (χ4n) is 3.34. The number of rotatable bonds is 6. The van der Waals surface area contributed by atoms with E-state index >= 15 is 0 Å². The van der Waals surface area contributed by atoms with E-state index in [9.17, 15) is 13.2 Å². The van der Waals surface area contributed by atoms with Crippen molar-refractivity contribution in [3.8, 4) is 17.1 Å². The number of hydrogen-bond acceptors (Lipinski definition) is 7. The van der Waals surface area contributed by atoms with Gasteiger partial charge in [0, 0.05) is 26.2 Å². The summed E-state index contributed by atoms with van der Waals surface area (Å²) in [5, 5.41) is 0. The highest BCUT2D eigenvalue weighted by Gasteiger charge is 2.28. The van der Waals surface area contributed by atoms with Crippen LogP contribution in [-0.4, -0.2) is 77.4 Å². The number of sulfonamides is 1. The summed E-state index contributed by atoms with van der Waals surface area (Å²) in [4.78, 5) is 28.5. The van der Waals surface area contributed by atoms with Gasteiger partial charge in [-0.1, -0.05) is 6.92 Å². The van der Waals surface area contributed by atoms with Crippen LogP contribution >= 0.6 is 0 Å². The summed E-state index contributed by atoms with van der Waals surface area (Å²) in [6, 6.07) is 4.66. The predicted octanol–water partition coefficient (Wildman–Crippen LogP) is 1.04. The molecule has 0 unspecified atom stereocenters. The molecule has 11 heteroatoms. The monoisotopic (exact) mass is 432 g/mol. The number of aromatic nitrogens is 4. The van der Waals surface area contributed by atoms with Crippen molar-refractivity contribution in [2.75, 3.05) is 39.8 Å². The van der Waals surface area contributed by atoms with Crippen LogP contribution in [-0.2, 0) is 10.0 Å². The summed E-state index contributed by atoms with van der Waals surface area (Å²) in [7, 11) is -1.72. The molecule has 0 spiro atoms. The molecule has 1 aromatic carbocycles. The topological polar surface area (TPSA) is 124 Å².